The molecule has 2 heterocycles. The molecule has 2 rings (SSSR count). The Bertz CT molecular complexity index is 171. The van der Waals surface area contributed by atoms with E-state index in [9.17, 15) is 0 Å². The summed E-state index contributed by atoms with van der Waals surface area (Å²) in [6, 6.07) is 1.42. The molecular formula is C12H22N2. The first-order valence-electron chi connectivity index (χ1n) is 6.08. The Morgan fingerprint density at radius 2 is 1.79 bits per heavy atom. The van der Waals surface area contributed by atoms with Crippen LogP contribution in [-0.4, -0.2) is 25.2 Å². The van der Waals surface area contributed by atoms with Gasteiger partial charge in [-0.1, -0.05) is 25.0 Å². The summed E-state index contributed by atoms with van der Waals surface area (Å²) in [6.07, 6.45) is 12.7. The van der Waals surface area contributed by atoms with Crippen LogP contribution in [0.3, 0.4) is 0 Å². The monoisotopic (exact) mass is 194 g/mol. The van der Waals surface area contributed by atoms with Crippen molar-refractivity contribution in [1.82, 2.24) is 10.6 Å². The Morgan fingerprint density at radius 3 is 2.79 bits per heavy atom. The van der Waals surface area contributed by atoms with Gasteiger partial charge in [0.25, 0.3) is 0 Å². The zero-order chi connectivity index (χ0) is 9.64. The van der Waals surface area contributed by atoms with E-state index >= 15 is 0 Å². The van der Waals surface area contributed by atoms with Gasteiger partial charge in [-0.25, -0.2) is 0 Å². The first-order chi connectivity index (χ1) is 6.97. The van der Waals surface area contributed by atoms with E-state index in [2.05, 4.69) is 22.8 Å². The van der Waals surface area contributed by atoms with Crippen LogP contribution < -0.4 is 10.6 Å². The van der Waals surface area contributed by atoms with Crippen LogP contribution in [-0.2, 0) is 0 Å². The molecule has 0 spiro atoms. The molecule has 0 aromatic carbocycles. The van der Waals surface area contributed by atoms with Crippen molar-refractivity contribution in [2.75, 3.05) is 13.1 Å². The highest BCUT2D eigenvalue weighted by atomic mass is 15.0. The average Bonchev–Trinajstić information content (AvgIpc) is 2.62. The van der Waals surface area contributed by atoms with Gasteiger partial charge in [0.1, 0.15) is 0 Å². The fraction of sp³-hybridized carbons (Fsp3) is 0.833. The van der Waals surface area contributed by atoms with E-state index in [0.29, 0.717) is 6.04 Å². The standard InChI is InChI=1S/C12H22N2/c1-3-7-11(13-9-5-1)12-8-4-2-6-10-14-12/h1,5,11-14H,2-4,6-10H2. The molecule has 2 aliphatic heterocycles. The maximum Gasteiger partial charge on any atom is 0.0227 e. The van der Waals surface area contributed by atoms with Crippen LogP contribution in [0.1, 0.15) is 38.5 Å². The van der Waals surface area contributed by atoms with E-state index in [1.165, 1.54) is 45.1 Å². The molecule has 2 atom stereocenters. The molecule has 0 aliphatic carbocycles. The lowest BCUT2D eigenvalue weighted by atomic mass is 9.99. The van der Waals surface area contributed by atoms with E-state index < -0.39 is 0 Å². The van der Waals surface area contributed by atoms with Crippen LogP contribution in [0.2, 0.25) is 0 Å². The highest BCUT2D eigenvalue weighted by Crippen LogP contribution is 2.15. The summed E-state index contributed by atoms with van der Waals surface area (Å²) in [4.78, 5) is 0. The molecule has 0 saturated carbocycles. The normalized spacial score (nSPS) is 34.9. The van der Waals surface area contributed by atoms with E-state index in [0.717, 1.165) is 12.6 Å². The SMILES string of the molecule is C1=CCNC(C2CCCCCN2)CC1. The van der Waals surface area contributed by atoms with Crippen molar-refractivity contribution in [3.05, 3.63) is 12.2 Å². The Labute approximate surface area is 87.2 Å². The first-order valence-corrected chi connectivity index (χ1v) is 6.08. The molecular weight excluding hydrogens is 172 g/mol. The molecule has 14 heavy (non-hydrogen) atoms. The van der Waals surface area contributed by atoms with Crippen LogP contribution in [0.5, 0.6) is 0 Å². The maximum absolute atomic E-state index is 3.69. The van der Waals surface area contributed by atoms with Crippen molar-refractivity contribution in [1.29, 1.82) is 0 Å². The molecule has 2 aliphatic rings. The summed E-state index contributed by atoms with van der Waals surface area (Å²) in [6.45, 7) is 2.28. The van der Waals surface area contributed by atoms with Gasteiger partial charge in [0.15, 0.2) is 0 Å². The van der Waals surface area contributed by atoms with Crippen LogP contribution >= 0.6 is 0 Å². The number of hydrogen-bond acceptors (Lipinski definition) is 2. The van der Waals surface area contributed by atoms with E-state index in [1.54, 1.807) is 0 Å². The summed E-state index contributed by atoms with van der Waals surface area (Å²) in [7, 11) is 0. The number of rotatable bonds is 1. The third-order valence-electron chi connectivity index (χ3n) is 3.39. The summed E-state index contributed by atoms with van der Waals surface area (Å²) in [5, 5.41) is 7.32. The Hall–Kier alpha value is -0.340. The topological polar surface area (TPSA) is 24.1 Å². The summed E-state index contributed by atoms with van der Waals surface area (Å²) >= 11 is 0. The largest absolute Gasteiger partial charge is 0.312 e. The van der Waals surface area contributed by atoms with Crippen molar-refractivity contribution in [2.24, 2.45) is 0 Å². The molecule has 1 fully saturated rings. The number of hydrogen-bond donors (Lipinski definition) is 2. The van der Waals surface area contributed by atoms with Gasteiger partial charge < -0.3 is 10.6 Å². The van der Waals surface area contributed by atoms with Gasteiger partial charge in [-0.3, -0.25) is 0 Å². The lowest BCUT2D eigenvalue weighted by molar-refractivity contribution is 0.361. The van der Waals surface area contributed by atoms with Gasteiger partial charge in [-0.2, -0.15) is 0 Å². The lowest BCUT2D eigenvalue weighted by Gasteiger charge is -2.26. The Balaban J connectivity index is 1.85. The molecule has 0 aromatic heterocycles. The molecule has 2 N–H and O–H groups in total. The second kappa shape index (κ2) is 5.52. The molecule has 0 bridgehead atoms. The molecule has 1 saturated heterocycles. The number of nitrogens with one attached hydrogen (secondary N) is 2. The van der Waals surface area contributed by atoms with Gasteiger partial charge in [-0.05, 0) is 32.2 Å². The molecule has 2 unspecified atom stereocenters. The third kappa shape index (κ3) is 2.82. The van der Waals surface area contributed by atoms with Crippen molar-refractivity contribution in [3.63, 3.8) is 0 Å². The van der Waals surface area contributed by atoms with Crippen molar-refractivity contribution >= 4 is 0 Å². The predicted molar refractivity (Wildman–Crippen MR) is 60.4 cm³/mol. The van der Waals surface area contributed by atoms with Crippen molar-refractivity contribution < 1.29 is 0 Å². The maximum atomic E-state index is 3.69. The average molecular weight is 194 g/mol. The third-order valence-corrected chi connectivity index (χ3v) is 3.39. The fourth-order valence-electron chi connectivity index (χ4n) is 2.54. The van der Waals surface area contributed by atoms with Crippen LogP contribution in [0.25, 0.3) is 0 Å². The van der Waals surface area contributed by atoms with E-state index in [4.69, 9.17) is 0 Å². The van der Waals surface area contributed by atoms with Crippen molar-refractivity contribution in [3.8, 4) is 0 Å². The number of allylic oxidation sites excluding steroid dienone is 1. The van der Waals surface area contributed by atoms with E-state index in [1.807, 2.05) is 0 Å². The minimum absolute atomic E-state index is 0.697. The fourth-order valence-corrected chi connectivity index (χ4v) is 2.54. The quantitative estimate of drug-likeness (QED) is 0.622. The summed E-state index contributed by atoms with van der Waals surface area (Å²) in [5.41, 5.74) is 0. The van der Waals surface area contributed by atoms with Crippen molar-refractivity contribution in [2.45, 2.75) is 50.6 Å². The molecule has 2 heteroatoms. The van der Waals surface area contributed by atoms with Gasteiger partial charge in [0, 0.05) is 18.6 Å². The molecule has 0 radical (unpaired) electrons. The van der Waals surface area contributed by atoms with Gasteiger partial charge in [-0.15, -0.1) is 0 Å². The van der Waals surface area contributed by atoms with Gasteiger partial charge >= 0.3 is 0 Å². The smallest absolute Gasteiger partial charge is 0.0227 e. The molecule has 0 amide bonds. The molecule has 80 valence electrons. The minimum Gasteiger partial charge on any atom is -0.312 e. The Morgan fingerprint density at radius 1 is 0.857 bits per heavy atom. The highest BCUT2D eigenvalue weighted by molar-refractivity contribution is 4.94. The zero-order valence-electron chi connectivity index (χ0n) is 8.97. The summed E-state index contributed by atoms with van der Waals surface area (Å²) in [5.74, 6) is 0. The molecule has 0 aromatic rings. The van der Waals surface area contributed by atoms with E-state index in [-0.39, 0.29) is 0 Å². The zero-order valence-corrected chi connectivity index (χ0v) is 8.97. The minimum atomic E-state index is 0.697. The van der Waals surface area contributed by atoms with Gasteiger partial charge in [0.05, 0.1) is 0 Å². The summed E-state index contributed by atoms with van der Waals surface area (Å²) < 4.78 is 0. The second-order valence-electron chi connectivity index (χ2n) is 4.47. The van der Waals surface area contributed by atoms with Crippen LogP contribution in [0.15, 0.2) is 12.2 Å². The molecule has 2 nitrogen and oxygen atoms in total. The predicted octanol–water partition coefficient (Wildman–Crippen LogP) is 1.83. The van der Waals surface area contributed by atoms with Crippen LogP contribution in [0.4, 0.5) is 0 Å². The first kappa shape index (κ1) is 10.2. The van der Waals surface area contributed by atoms with Gasteiger partial charge in [0.2, 0.25) is 0 Å². The second-order valence-corrected chi connectivity index (χ2v) is 4.47. The van der Waals surface area contributed by atoms with Crippen LogP contribution in [0, 0.1) is 0 Å². The highest BCUT2D eigenvalue weighted by Gasteiger charge is 2.21. The Kier molecular flexibility index (Phi) is 4.02. The lowest BCUT2D eigenvalue weighted by Crippen LogP contribution is -2.47.